The molecule has 2 aromatic heterocycles. The Bertz CT molecular complexity index is 1050. The van der Waals surface area contributed by atoms with Crippen LogP contribution in [0.5, 0.6) is 0 Å². The third kappa shape index (κ3) is 4.26. The molecule has 0 aliphatic heterocycles. The number of aryl methyl sites for hydroxylation is 1. The van der Waals surface area contributed by atoms with Gasteiger partial charge in [-0.05, 0) is 36.8 Å². The standard InChI is InChI=1S/C16H19N7O2S2/c1-3-13-21-22-16(26-13)23-27(24,25)11-6-4-10(5-7-11)20-14(17)12-8-9-19-15(12)18-2/h4-9,18-19H,3H2,1-2H3,(H2,17,20)(H,22,23). The van der Waals surface area contributed by atoms with Gasteiger partial charge in [-0.3, -0.25) is 4.72 Å². The van der Waals surface area contributed by atoms with E-state index in [1.54, 1.807) is 31.4 Å². The van der Waals surface area contributed by atoms with Crippen LogP contribution in [-0.4, -0.2) is 36.5 Å². The molecule has 27 heavy (non-hydrogen) atoms. The monoisotopic (exact) mass is 405 g/mol. The number of anilines is 2. The van der Waals surface area contributed by atoms with Gasteiger partial charge in [-0.1, -0.05) is 18.3 Å². The number of hydrogen-bond acceptors (Lipinski definition) is 7. The van der Waals surface area contributed by atoms with Gasteiger partial charge in [-0.25, -0.2) is 13.4 Å². The van der Waals surface area contributed by atoms with Gasteiger partial charge >= 0.3 is 0 Å². The number of benzene rings is 1. The summed E-state index contributed by atoms with van der Waals surface area (Å²) < 4.78 is 27.3. The summed E-state index contributed by atoms with van der Waals surface area (Å²) in [4.78, 5) is 7.44. The van der Waals surface area contributed by atoms with Crippen LogP contribution in [0.25, 0.3) is 0 Å². The zero-order valence-electron chi connectivity index (χ0n) is 14.7. The van der Waals surface area contributed by atoms with Gasteiger partial charge in [0.25, 0.3) is 10.0 Å². The van der Waals surface area contributed by atoms with Gasteiger partial charge in [0.1, 0.15) is 16.7 Å². The highest BCUT2D eigenvalue weighted by molar-refractivity contribution is 7.93. The first-order valence-electron chi connectivity index (χ1n) is 8.08. The van der Waals surface area contributed by atoms with Crippen molar-refractivity contribution in [2.75, 3.05) is 17.1 Å². The lowest BCUT2D eigenvalue weighted by Crippen LogP contribution is -2.14. The molecular weight excluding hydrogens is 386 g/mol. The molecule has 1 aromatic carbocycles. The van der Waals surface area contributed by atoms with E-state index in [-0.39, 0.29) is 10.0 Å². The highest BCUT2D eigenvalue weighted by Gasteiger charge is 2.16. The van der Waals surface area contributed by atoms with Crippen LogP contribution in [0.1, 0.15) is 17.5 Å². The molecule has 0 saturated carbocycles. The number of H-pyrrole nitrogens is 1. The molecule has 3 rings (SSSR count). The van der Waals surface area contributed by atoms with Crippen molar-refractivity contribution in [2.24, 2.45) is 10.7 Å². The average molecular weight is 406 g/mol. The van der Waals surface area contributed by atoms with E-state index in [0.29, 0.717) is 17.9 Å². The van der Waals surface area contributed by atoms with Gasteiger partial charge in [0.2, 0.25) is 5.13 Å². The molecule has 5 N–H and O–H groups in total. The smallest absolute Gasteiger partial charge is 0.263 e. The van der Waals surface area contributed by atoms with E-state index in [2.05, 4.69) is 30.2 Å². The number of sulfonamides is 1. The van der Waals surface area contributed by atoms with Crippen molar-refractivity contribution < 1.29 is 8.42 Å². The zero-order chi connectivity index (χ0) is 19.4. The Balaban J connectivity index is 1.79. The second kappa shape index (κ2) is 7.76. The van der Waals surface area contributed by atoms with Crippen LogP contribution in [-0.2, 0) is 16.4 Å². The first-order valence-corrected chi connectivity index (χ1v) is 10.4. The Morgan fingerprint density at radius 3 is 2.63 bits per heavy atom. The quantitative estimate of drug-likeness (QED) is 0.351. The van der Waals surface area contributed by atoms with E-state index in [0.717, 1.165) is 16.4 Å². The molecule has 0 bridgehead atoms. The van der Waals surface area contributed by atoms with Crippen LogP contribution in [0.2, 0.25) is 0 Å². The Labute approximate surface area is 160 Å². The van der Waals surface area contributed by atoms with Crippen LogP contribution in [0.15, 0.2) is 46.4 Å². The maximum absolute atomic E-state index is 12.5. The lowest BCUT2D eigenvalue weighted by molar-refractivity contribution is 0.601. The maximum atomic E-state index is 12.5. The molecule has 0 radical (unpaired) electrons. The molecule has 0 amide bonds. The summed E-state index contributed by atoms with van der Waals surface area (Å²) in [7, 11) is -1.97. The predicted octanol–water partition coefficient (Wildman–Crippen LogP) is 2.31. The molecule has 142 valence electrons. The highest BCUT2D eigenvalue weighted by Crippen LogP contribution is 2.23. The van der Waals surface area contributed by atoms with Gasteiger partial charge in [-0.2, -0.15) is 0 Å². The molecule has 0 atom stereocenters. The first kappa shape index (κ1) is 18.9. The van der Waals surface area contributed by atoms with E-state index < -0.39 is 10.0 Å². The molecule has 0 spiro atoms. The number of amidine groups is 1. The third-order valence-corrected chi connectivity index (χ3v) is 6.13. The van der Waals surface area contributed by atoms with Crippen molar-refractivity contribution >= 4 is 43.8 Å². The molecule has 0 fully saturated rings. The summed E-state index contributed by atoms with van der Waals surface area (Å²) in [6.07, 6.45) is 2.45. The molecule has 0 unspecified atom stereocenters. The number of aliphatic imine (C=N–C) groups is 1. The van der Waals surface area contributed by atoms with Crippen molar-refractivity contribution in [2.45, 2.75) is 18.2 Å². The minimum absolute atomic E-state index is 0.103. The molecule has 0 aliphatic rings. The molecule has 11 heteroatoms. The lowest BCUT2D eigenvalue weighted by atomic mass is 10.2. The average Bonchev–Trinajstić information content (AvgIpc) is 3.30. The number of nitrogens with zero attached hydrogens (tertiary/aromatic N) is 3. The Hall–Kier alpha value is -2.92. The van der Waals surface area contributed by atoms with Gasteiger partial charge < -0.3 is 16.0 Å². The van der Waals surface area contributed by atoms with Crippen molar-refractivity contribution in [3.63, 3.8) is 0 Å². The van der Waals surface area contributed by atoms with Crippen molar-refractivity contribution in [3.05, 3.63) is 47.1 Å². The third-order valence-electron chi connectivity index (χ3n) is 3.66. The Kier molecular flexibility index (Phi) is 5.42. The molecule has 0 aliphatic carbocycles. The zero-order valence-corrected chi connectivity index (χ0v) is 16.4. The molecule has 2 heterocycles. The topological polar surface area (TPSA) is 138 Å². The van der Waals surface area contributed by atoms with Gasteiger partial charge in [0.15, 0.2) is 0 Å². The first-order chi connectivity index (χ1) is 12.9. The number of aromatic amines is 1. The Morgan fingerprint density at radius 1 is 1.26 bits per heavy atom. The summed E-state index contributed by atoms with van der Waals surface area (Å²) in [5, 5.41) is 11.7. The molecular formula is C16H19N7O2S2. The summed E-state index contributed by atoms with van der Waals surface area (Å²) in [6, 6.07) is 7.91. The van der Waals surface area contributed by atoms with Crippen LogP contribution < -0.4 is 15.8 Å². The van der Waals surface area contributed by atoms with E-state index in [1.165, 1.54) is 23.5 Å². The second-order valence-electron chi connectivity index (χ2n) is 5.47. The lowest BCUT2D eigenvalue weighted by Gasteiger charge is -2.06. The van der Waals surface area contributed by atoms with Crippen molar-refractivity contribution in [1.29, 1.82) is 0 Å². The SMILES string of the molecule is CCc1nnc(NS(=O)(=O)c2ccc(N=C(N)c3cc[nH]c3NC)cc2)s1. The Morgan fingerprint density at radius 2 is 2.00 bits per heavy atom. The van der Waals surface area contributed by atoms with Crippen LogP contribution in [0.4, 0.5) is 16.6 Å². The summed E-state index contributed by atoms with van der Waals surface area (Å²) in [5.74, 6) is 1.07. The summed E-state index contributed by atoms with van der Waals surface area (Å²) in [6.45, 7) is 1.93. The van der Waals surface area contributed by atoms with E-state index >= 15 is 0 Å². The highest BCUT2D eigenvalue weighted by atomic mass is 32.2. The van der Waals surface area contributed by atoms with Crippen molar-refractivity contribution in [1.82, 2.24) is 15.2 Å². The number of nitrogens with one attached hydrogen (secondary N) is 3. The van der Waals surface area contributed by atoms with Crippen LogP contribution in [0, 0.1) is 0 Å². The van der Waals surface area contributed by atoms with Gasteiger partial charge in [-0.15, -0.1) is 10.2 Å². The van der Waals surface area contributed by atoms with Crippen LogP contribution in [0.3, 0.4) is 0 Å². The predicted molar refractivity (Wildman–Crippen MR) is 107 cm³/mol. The summed E-state index contributed by atoms with van der Waals surface area (Å²) in [5.41, 5.74) is 7.31. The number of hydrogen-bond donors (Lipinski definition) is 4. The fourth-order valence-electron chi connectivity index (χ4n) is 2.30. The van der Waals surface area contributed by atoms with Crippen molar-refractivity contribution in [3.8, 4) is 0 Å². The number of aromatic nitrogens is 3. The largest absolute Gasteiger partial charge is 0.383 e. The van der Waals surface area contributed by atoms with Gasteiger partial charge in [0, 0.05) is 13.2 Å². The fraction of sp³-hybridized carbons (Fsp3) is 0.188. The van der Waals surface area contributed by atoms with E-state index in [4.69, 9.17) is 5.73 Å². The van der Waals surface area contributed by atoms with Crippen LogP contribution >= 0.6 is 11.3 Å². The molecule has 0 saturated heterocycles. The minimum Gasteiger partial charge on any atom is -0.383 e. The number of rotatable bonds is 7. The van der Waals surface area contributed by atoms with E-state index in [9.17, 15) is 8.42 Å². The van der Waals surface area contributed by atoms with E-state index in [1.807, 2.05) is 6.92 Å². The molecule has 9 nitrogen and oxygen atoms in total. The molecule has 3 aromatic rings. The minimum atomic E-state index is -3.74. The number of nitrogens with two attached hydrogens (primary N) is 1. The maximum Gasteiger partial charge on any atom is 0.263 e. The fourth-order valence-corrected chi connectivity index (χ4v) is 4.21. The summed E-state index contributed by atoms with van der Waals surface area (Å²) >= 11 is 1.21. The second-order valence-corrected chi connectivity index (χ2v) is 8.21. The van der Waals surface area contributed by atoms with Gasteiger partial charge in [0.05, 0.1) is 16.1 Å². The normalized spacial score (nSPS) is 12.1.